The first-order valence-corrected chi connectivity index (χ1v) is 7.23. The summed E-state index contributed by atoms with van der Waals surface area (Å²) in [6, 6.07) is 7.62. The van der Waals surface area contributed by atoms with Crippen molar-refractivity contribution >= 4 is 11.6 Å². The summed E-state index contributed by atoms with van der Waals surface area (Å²) in [5.41, 5.74) is 9.75. The SMILES string of the molecule is CCc1occc1C(N)c1ccc2c(c1)C(C)(C)C(=O)N2. The molecule has 110 valence electrons. The van der Waals surface area contributed by atoms with E-state index in [1.165, 1.54) is 0 Å². The number of hydrogen-bond donors (Lipinski definition) is 2. The molecule has 0 fully saturated rings. The van der Waals surface area contributed by atoms with E-state index in [4.69, 9.17) is 10.2 Å². The molecule has 0 saturated heterocycles. The topological polar surface area (TPSA) is 68.3 Å². The highest BCUT2D eigenvalue weighted by Gasteiger charge is 2.38. The summed E-state index contributed by atoms with van der Waals surface area (Å²) in [6.07, 6.45) is 2.49. The van der Waals surface area contributed by atoms with E-state index in [1.54, 1.807) is 6.26 Å². The van der Waals surface area contributed by atoms with Gasteiger partial charge in [0.2, 0.25) is 5.91 Å². The van der Waals surface area contributed by atoms with Crippen LogP contribution >= 0.6 is 0 Å². The van der Waals surface area contributed by atoms with Crippen molar-refractivity contribution in [3.8, 4) is 0 Å². The number of rotatable bonds is 3. The second-order valence-corrected chi connectivity index (χ2v) is 6.01. The molecule has 1 atom stereocenters. The molecule has 1 aromatic heterocycles. The molecular weight excluding hydrogens is 264 g/mol. The molecule has 2 heterocycles. The van der Waals surface area contributed by atoms with Crippen molar-refractivity contribution in [2.75, 3.05) is 5.32 Å². The van der Waals surface area contributed by atoms with E-state index in [2.05, 4.69) is 5.32 Å². The van der Waals surface area contributed by atoms with E-state index >= 15 is 0 Å². The average Bonchev–Trinajstić information content (AvgIpc) is 3.02. The third-order valence-electron chi connectivity index (χ3n) is 4.33. The fourth-order valence-electron chi connectivity index (χ4n) is 2.88. The maximum Gasteiger partial charge on any atom is 0.234 e. The average molecular weight is 284 g/mol. The number of furan rings is 1. The van der Waals surface area contributed by atoms with Crippen molar-refractivity contribution in [2.24, 2.45) is 5.73 Å². The van der Waals surface area contributed by atoms with E-state index in [-0.39, 0.29) is 11.9 Å². The van der Waals surface area contributed by atoms with E-state index in [0.29, 0.717) is 0 Å². The lowest BCUT2D eigenvalue weighted by Gasteiger charge is -2.18. The monoisotopic (exact) mass is 284 g/mol. The minimum atomic E-state index is -0.519. The smallest absolute Gasteiger partial charge is 0.234 e. The number of aryl methyl sites for hydroxylation is 1. The lowest BCUT2D eigenvalue weighted by molar-refractivity contribution is -0.119. The third kappa shape index (κ3) is 2.07. The van der Waals surface area contributed by atoms with Gasteiger partial charge in [0.25, 0.3) is 0 Å². The minimum Gasteiger partial charge on any atom is -0.469 e. The summed E-state index contributed by atoms with van der Waals surface area (Å²) in [5.74, 6) is 0.942. The van der Waals surface area contributed by atoms with Crippen molar-refractivity contribution in [1.29, 1.82) is 0 Å². The number of fused-ring (bicyclic) bond motifs is 1. The van der Waals surface area contributed by atoms with E-state index in [0.717, 1.165) is 34.6 Å². The summed E-state index contributed by atoms with van der Waals surface area (Å²) in [6.45, 7) is 5.90. The zero-order valence-electron chi connectivity index (χ0n) is 12.6. The summed E-state index contributed by atoms with van der Waals surface area (Å²) >= 11 is 0. The largest absolute Gasteiger partial charge is 0.469 e. The summed E-state index contributed by atoms with van der Waals surface area (Å²) in [5, 5.41) is 2.91. The first-order chi connectivity index (χ1) is 9.95. The van der Waals surface area contributed by atoms with Crippen LogP contribution in [0.3, 0.4) is 0 Å². The van der Waals surface area contributed by atoms with Gasteiger partial charge in [0, 0.05) is 17.7 Å². The molecule has 1 aliphatic rings. The molecule has 1 unspecified atom stereocenters. The Balaban J connectivity index is 2.02. The van der Waals surface area contributed by atoms with Gasteiger partial charge in [-0.1, -0.05) is 19.1 Å². The number of nitrogens with one attached hydrogen (secondary N) is 1. The highest BCUT2D eigenvalue weighted by molar-refractivity contribution is 6.05. The van der Waals surface area contributed by atoms with Crippen LogP contribution in [-0.4, -0.2) is 5.91 Å². The van der Waals surface area contributed by atoms with Crippen LogP contribution in [0.5, 0.6) is 0 Å². The predicted molar refractivity (Wildman–Crippen MR) is 82.2 cm³/mol. The van der Waals surface area contributed by atoms with Crippen molar-refractivity contribution < 1.29 is 9.21 Å². The molecule has 0 radical (unpaired) electrons. The molecule has 0 spiro atoms. The zero-order chi connectivity index (χ0) is 15.2. The molecule has 1 aliphatic heterocycles. The van der Waals surface area contributed by atoms with Gasteiger partial charge in [0.15, 0.2) is 0 Å². The van der Waals surface area contributed by atoms with Gasteiger partial charge in [0.05, 0.1) is 17.7 Å². The fourth-order valence-corrected chi connectivity index (χ4v) is 2.88. The molecule has 1 aromatic carbocycles. The Labute approximate surface area is 124 Å². The third-order valence-corrected chi connectivity index (χ3v) is 4.33. The fraction of sp³-hybridized carbons (Fsp3) is 0.353. The van der Waals surface area contributed by atoms with Crippen LogP contribution in [-0.2, 0) is 16.6 Å². The van der Waals surface area contributed by atoms with Crippen molar-refractivity contribution in [3.05, 3.63) is 53.0 Å². The Morgan fingerprint density at radius 1 is 1.33 bits per heavy atom. The number of anilines is 1. The van der Waals surface area contributed by atoms with Gasteiger partial charge < -0.3 is 15.5 Å². The maximum atomic E-state index is 12.0. The lowest BCUT2D eigenvalue weighted by atomic mass is 9.84. The van der Waals surface area contributed by atoms with Crippen LogP contribution in [0.4, 0.5) is 5.69 Å². The summed E-state index contributed by atoms with van der Waals surface area (Å²) in [7, 11) is 0. The molecule has 1 amide bonds. The van der Waals surface area contributed by atoms with Gasteiger partial charge in [0.1, 0.15) is 5.76 Å². The van der Waals surface area contributed by atoms with Crippen LogP contribution in [0.15, 0.2) is 34.9 Å². The molecule has 4 nitrogen and oxygen atoms in total. The van der Waals surface area contributed by atoms with Crippen molar-refractivity contribution in [1.82, 2.24) is 0 Å². The number of hydrogen-bond acceptors (Lipinski definition) is 3. The van der Waals surface area contributed by atoms with Crippen molar-refractivity contribution in [3.63, 3.8) is 0 Å². The Morgan fingerprint density at radius 2 is 2.10 bits per heavy atom. The Morgan fingerprint density at radius 3 is 2.81 bits per heavy atom. The van der Waals surface area contributed by atoms with Gasteiger partial charge in [-0.15, -0.1) is 0 Å². The predicted octanol–water partition coefficient (Wildman–Crippen LogP) is 3.12. The Hall–Kier alpha value is -2.07. The van der Waals surface area contributed by atoms with Crippen LogP contribution < -0.4 is 11.1 Å². The van der Waals surface area contributed by atoms with E-state index in [9.17, 15) is 4.79 Å². The minimum absolute atomic E-state index is 0.0285. The van der Waals surface area contributed by atoms with E-state index in [1.807, 2.05) is 45.0 Å². The number of benzene rings is 1. The molecule has 0 aliphatic carbocycles. The van der Waals surface area contributed by atoms with Crippen molar-refractivity contribution in [2.45, 2.75) is 38.6 Å². The van der Waals surface area contributed by atoms with Crippen LogP contribution in [0.25, 0.3) is 0 Å². The Kier molecular flexibility index (Phi) is 3.14. The quantitative estimate of drug-likeness (QED) is 0.910. The molecule has 0 saturated carbocycles. The normalized spacial score (nSPS) is 17.4. The number of carbonyl (C=O) groups is 1. The summed E-state index contributed by atoms with van der Waals surface area (Å²) < 4.78 is 5.46. The maximum absolute atomic E-state index is 12.0. The molecule has 21 heavy (non-hydrogen) atoms. The highest BCUT2D eigenvalue weighted by Crippen LogP contribution is 2.39. The first kappa shape index (κ1) is 13.9. The highest BCUT2D eigenvalue weighted by atomic mass is 16.3. The van der Waals surface area contributed by atoms with Gasteiger partial charge in [-0.05, 0) is 37.1 Å². The van der Waals surface area contributed by atoms with Gasteiger partial charge in [-0.2, -0.15) is 0 Å². The molecule has 3 rings (SSSR count). The summed E-state index contributed by atoms with van der Waals surface area (Å²) in [4.78, 5) is 12.0. The number of nitrogens with two attached hydrogens (primary N) is 1. The van der Waals surface area contributed by atoms with Crippen LogP contribution in [0.2, 0.25) is 0 Å². The molecule has 3 N–H and O–H groups in total. The van der Waals surface area contributed by atoms with Gasteiger partial charge in [-0.3, -0.25) is 4.79 Å². The number of amides is 1. The molecule has 0 bridgehead atoms. The lowest BCUT2D eigenvalue weighted by Crippen LogP contribution is -2.27. The standard InChI is InChI=1S/C17H20N2O2/c1-4-14-11(7-8-21-14)15(18)10-5-6-13-12(9-10)17(2,3)16(20)19-13/h5-9,15H,4,18H2,1-3H3,(H,19,20). The molecular formula is C17H20N2O2. The Bertz CT molecular complexity index is 701. The van der Waals surface area contributed by atoms with E-state index < -0.39 is 5.41 Å². The van der Waals surface area contributed by atoms with Gasteiger partial charge >= 0.3 is 0 Å². The number of carbonyl (C=O) groups excluding carboxylic acids is 1. The first-order valence-electron chi connectivity index (χ1n) is 7.23. The molecule has 4 heteroatoms. The van der Waals surface area contributed by atoms with Gasteiger partial charge in [-0.25, -0.2) is 0 Å². The zero-order valence-corrected chi connectivity index (χ0v) is 12.6. The van der Waals surface area contributed by atoms with Crippen LogP contribution in [0.1, 0.15) is 49.3 Å². The molecule has 2 aromatic rings. The second-order valence-electron chi connectivity index (χ2n) is 6.01. The second kappa shape index (κ2) is 4.74. The van der Waals surface area contributed by atoms with Crippen LogP contribution in [0, 0.1) is 0 Å².